The molecule has 0 unspecified atom stereocenters. The lowest BCUT2D eigenvalue weighted by Gasteiger charge is -2.15. The van der Waals surface area contributed by atoms with Crippen molar-refractivity contribution in [1.29, 1.82) is 0 Å². The van der Waals surface area contributed by atoms with Crippen LogP contribution >= 0.6 is 0 Å². The number of rotatable bonds is 5. The summed E-state index contributed by atoms with van der Waals surface area (Å²) in [5, 5.41) is 3.48. The predicted molar refractivity (Wildman–Crippen MR) is 97.9 cm³/mol. The van der Waals surface area contributed by atoms with Gasteiger partial charge in [0.25, 0.3) is 0 Å². The first-order valence-electron chi connectivity index (χ1n) is 9.23. The van der Waals surface area contributed by atoms with Crippen LogP contribution in [0.1, 0.15) is 60.7 Å². The zero-order chi connectivity index (χ0) is 17.2. The number of nitrogens with zero attached hydrogens (tertiary/aromatic N) is 2. The molecule has 0 atom stereocenters. The van der Waals surface area contributed by atoms with Gasteiger partial charge in [0.05, 0.1) is 6.42 Å². The van der Waals surface area contributed by atoms with E-state index in [0.29, 0.717) is 5.92 Å². The Labute approximate surface area is 148 Å². The van der Waals surface area contributed by atoms with E-state index in [0.717, 1.165) is 42.2 Å². The van der Waals surface area contributed by atoms with Gasteiger partial charge in [-0.15, -0.1) is 0 Å². The van der Waals surface area contributed by atoms with E-state index < -0.39 is 0 Å². The van der Waals surface area contributed by atoms with E-state index in [1.54, 1.807) is 0 Å². The Morgan fingerprint density at radius 1 is 1.08 bits per heavy atom. The van der Waals surface area contributed by atoms with Crippen molar-refractivity contribution in [2.75, 3.05) is 5.32 Å². The second kappa shape index (κ2) is 6.82. The molecule has 1 aromatic heterocycles. The molecule has 4 rings (SSSR count). The number of hydrogen-bond donors (Lipinski definition) is 2. The highest BCUT2D eigenvalue weighted by atomic mass is 16.1. The number of aryl methyl sites for hydroxylation is 1. The standard InChI is InChI=1S/C20H24N4O/c21-18(25)12-13-8-10-15(11-9-13)22-20-16-6-3-7-17(16)23-19(24-20)14-4-1-2-5-14/h8-11,14H,1-7,12H2,(H2,21,25)(H,22,23,24). The lowest BCUT2D eigenvalue weighted by Crippen LogP contribution is -2.13. The third kappa shape index (κ3) is 3.50. The quantitative estimate of drug-likeness (QED) is 0.877. The highest BCUT2D eigenvalue weighted by Crippen LogP contribution is 2.36. The fourth-order valence-electron chi connectivity index (χ4n) is 3.97. The van der Waals surface area contributed by atoms with Crippen LogP contribution in [0, 0.1) is 0 Å². The molecule has 1 amide bonds. The van der Waals surface area contributed by atoms with Gasteiger partial charge in [0.1, 0.15) is 11.6 Å². The number of aromatic nitrogens is 2. The van der Waals surface area contributed by atoms with Gasteiger partial charge < -0.3 is 11.1 Å². The second-order valence-electron chi connectivity index (χ2n) is 7.16. The van der Waals surface area contributed by atoms with Crippen LogP contribution in [-0.2, 0) is 24.1 Å². The van der Waals surface area contributed by atoms with Gasteiger partial charge in [-0.1, -0.05) is 25.0 Å². The predicted octanol–water partition coefficient (Wildman–Crippen LogP) is 3.39. The molecule has 25 heavy (non-hydrogen) atoms. The van der Waals surface area contributed by atoms with Crippen LogP contribution < -0.4 is 11.1 Å². The molecule has 0 spiro atoms. The molecule has 1 fully saturated rings. The molecular weight excluding hydrogens is 312 g/mol. The van der Waals surface area contributed by atoms with Gasteiger partial charge in [-0.3, -0.25) is 4.79 Å². The van der Waals surface area contributed by atoms with Gasteiger partial charge >= 0.3 is 0 Å². The summed E-state index contributed by atoms with van der Waals surface area (Å²) in [6, 6.07) is 7.84. The van der Waals surface area contributed by atoms with E-state index in [9.17, 15) is 4.79 Å². The molecule has 1 saturated carbocycles. The van der Waals surface area contributed by atoms with E-state index in [1.807, 2.05) is 24.3 Å². The van der Waals surface area contributed by atoms with Gasteiger partial charge in [0.2, 0.25) is 5.91 Å². The Kier molecular flexibility index (Phi) is 4.38. The number of carbonyl (C=O) groups is 1. The lowest BCUT2D eigenvalue weighted by molar-refractivity contribution is -0.117. The molecule has 2 aliphatic carbocycles. The third-order valence-corrected chi connectivity index (χ3v) is 5.27. The molecule has 3 N–H and O–H groups in total. The van der Waals surface area contributed by atoms with E-state index >= 15 is 0 Å². The number of anilines is 2. The summed E-state index contributed by atoms with van der Waals surface area (Å²) in [6.07, 6.45) is 8.52. The maximum atomic E-state index is 11.0. The van der Waals surface area contributed by atoms with Crippen LogP contribution in [0.5, 0.6) is 0 Å². The SMILES string of the molecule is NC(=O)Cc1ccc(Nc2nc(C3CCCC3)nc3c2CCC3)cc1. The summed E-state index contributed by atoms with van der Waals surface area (Å²) < 4.78 is 0. The average Bonchev–Trinajstić information content (AvgIpc) is 3.27. The van der Waals surface area contributed by atoms with Gasteiger partial charge in [0, 0.05) is 22.9 Å². The molecule has 0 aliphatic heterocycles. The summed E-state index contributed by atoms with van der Waals surface area (Å²) in [6.45, 7) is 0. The van der Waals surface area contributed by atoms with E-state index in [2.05, 4.69) is 5.32 Å². The minimum absolute atomic E-state index is 0.273. The number of hydrogen-bond acceptors (Lipinski definition) is 4. The maximum absolute atomic E-state index is 11.0. The van der Waals surface area contributed by atoms with Crippen molar-refractivity contribution in [3.63, 3.8) is 0 Å². The average molecular weight is 336 g/mol. The second-order valence-corrected chi connectivity index (χ2v) is 7.16. The summed E-state index contributed by atoms with van der Waals surface area (Å²) >= 11 is 0. The Bertz CT molecular complexity index is 779. The van der Waals surface area contributed by atoms with Crippen molar-refractivity contribution >= 4 is 17.4 Å². The molecule has 1 heterocycles. The van der Waals surface area contributed by atoms with Crippen molar-refractivity contribution in [1.82, 2.24) is 9.97 Å². The fourth-order valence-corrected chi connectivity index (χ4v) is 3.97. The first-order chi connectivity index (χ1) is 12.2. The number of amides is 1. The highest BCUT2D eigenvalue weighted by Gasteiger charge is 2.25. The number of nitrogens with two attached hydrogens (primary N) is 1. The number of primary amides is 1. The molecule has 2 aromatic rings. The zero-order valence-electron chi connectivity index (χ0n) is 14.4. The molecule has 2 aliphatic rings. The van der Waals surface area contributed by atoms with Gasteiger partial charge in [-0.2, -0.15) is 0 Å². The van der Waals surface area contributed by atoms with Crippen molar-refractivity contribution in [3.8, 4) is 0 Å². The van der Waals surface area contributed by atoms with Crippen molar-refractivity contribution in [3.05, 3.63) is 46.9 Å². The highest BCUT2D eigenvalue weighted by molar-refractivity contribution is 5.76. The summed E-state index contributed by atoms with van der Waals surface area (Å²) in [7, 11) is 0. The Morgan fingerprint density at radius 2 is 1.84 bits per heavy atom. The normalized spacial score (nSPS) is 16.8. The van der Waals surface area contributed by atoms with Gasteiger partial charge in [-0.05, 0) is 49.8 Å². The van der Waals surface area contributed by atoms with Crippen molar-refractivity contribution in [2.24, 2.45) is 5.73 Å². The molecule has 130 valence electrons. The first-order valence-corrected chi connectivity index (χ1v) is 9.23. The summed E-state index contributed by atoms with van der Waals surface area (Å²) in [4.78, 5) is 20.8. The number of fused-ring (bicyclic) bond motifs is 1. The Hall–Kier alpha value is -2.43. The van der Waals surface area contributed by atoms with Crippen LogP contribution in [-0.4, -0.2) is 15.9 Å². The molecule has 0 saturated heterocycles. The van der Waals surface area contributed by atoms with Crippen LogP contribution in [0.3, 0.4) is 0 Å². The largest absolute Gasteiger partial charge is 0.369 e. The van der Waals surface area contributed by atoms with E-state index in [-0.39, 0.29) is 12.3 Å². The maximum Gasteiger partial charge on any atom is 0.221 e. The van der Waals surface area contributed by atoms with Gasteiger partial charge in [0.15, 0.2) is 0 Å². The minimum Gasteiger partial charge on any atom is -0.369 e. The molecule has 5 nitrogen and oxygen atoms in total. The summed E-state index contributed by atoms with van der Waals surface area (Å²) in [5.74, 6) is 2.19. The topological polar surface area (TPSA) is 80.9 Å². The van der Waals surface area contributed by atoms with Crippen LogP contribution in [0.2, 0.25) is 0 Å². The Balaban J connectivity index is 1.59. The van der Waals surface area contributed by atoms with Crippen LogP contribution in [0.15, 0.2) is 24.3 Å². The zero-order valence-corrected chi connectivity index (χ0v) is 14.4. The van der Waals surface area contributed by atoms with Crippen LogP contribution in [0.25, 0.3) is 0 Å². The van der Waals surface area contributed by atoms with Gasteiger partial charge in [-0.25, -0.2) is 9.97 Å². The van der Waals surface area contributed by atoms with Crippen molar-refractivity contribution < 1.29 is 4.79 Å². The van der Waals surface area contributed by atoms with E-state index in [4.69, 9.17) is 15.7 Å². The lowest BCUT2D eigenvalue weighted by atomic mass is 10.1. The molecular formula is C20H24N4O. The smallest absolute Gasteiger partial charge is 0.221 e. The first kappa shape index (κ1) is 16.1. The molecule has 1 aromatic carbocycles. The molecule has 5 heteroatoms. The number of benzene rings is 1. The fraction of sp³-hybridized carbons (Fsp3) is 0.450. The number of nitrogens with one attached hydrogen (secondary N) is 1. The molecule has 0 radical (unpaired) electrons. The molecule has 0 bridgehead atoms. The van der Waals surface area contributed by atoms with E-state index in [1.165, 1.54) is 36.9 Å². The van der Waals surface area contributed by atoms with Crippen LogP contribution in [0.4, 0.5) is 11.5 Å². The Morgan fingerprint density at radius 3 is 2.56 bits per heavy atom. The monoisotopic (exact) mass is 336 g/mol. The summed E-state index contributed by atoms with van der Waals surface area (Å²) in [5.41, 5.74) is 9.66. The third-order valence-electron chi connectivity index (χ3n) is 5.27. The number of carbonyl (C=O) groups excluding carboxylic acids is 1. The van der Waals surface area contributed by atoms with Crippen molar-refractivity contribution in [2.45, 2.75) is 57.3 Å². The minimum atomic E-state index is -0.310.